The van der Waals surface area contributed by atoms with Crippen molar-refractivity contribution in [2.24, 2.45) is 0 Å². The lowest BCUT2D eigenvalue weighted by molar-refractivity contribution is -0.158. The second-order valence-electron chi connectivity index (χ2n) is 5.65. The molecule has 0 rings (SSSR count). The van der Waals surface area contributed by atoms with E-state index in [0.717, 1.165) is 6.08 Å². The number of carbonyl (C=O) groups excluding carboxylic acids is 1. The van der Waals surface area contributed by atoms with Crippen LogP contribution in [-0.4, -0.2) is 101 Å². The number of aliphatic hydroxyl groups excluding tert-OH is 2. The van der Waals surface area contributed by atoms with Gasteiger partial charge in [0, 0.05) is 32.5 Å². The Bertz CT molecular complexity index is 358. The van der Waals surface area contributed by atoms with Crippen molar-refractivity contribution in [3.63, 3.8) is 0 Å². The van der Waals surface area contributed by atoms with Crippen LogP contribution in [0.2, 0.25) is 0 Å². The maximum absolute atomic E-state index is 11.5. The van der Waals surface area contributed by atoms with Crippen LogP contribution in [0.3, 0.4) is 0 Å². The van der Waals surface area contributed by atoms with Crippen molar-refractivity contribution in [1.82, 2.24) is 0 Å². The summed E-state index contributed by atoms with van der Waals surface area (Å²) in [5, 5.41) is 16.9. The fraction of sp³-hybridized carbons (Fsp3) is 0.850. The van der Waals surface area contributed by atoms with Gasteiger partial charge in [-0.2, -0.15) is 0 Å². The molecule has 0 radical (unpaired) electrons. The average Bonchev–Trinajstić information content (AvgIpc) is 2.73. The average molecular weight is 425 g/mol. The van der Waals surface area contributed by atoms with Gasteiger partial charge in [-0.05, 0) is 27.7 Å². The smallest absolute Gasteiger partial charge is 0.330 e. The molecule has 0 aromatic rings. The molecule has 9 heteroatoms. The number of ether oxygens (including phenoxy) is 6. The first-order valence-electron chi connectivity index (χ1n) is 10.0. The summed E-state index contributed by atoms with van der Waals surface area (Å²) >= 11 is 0. The predicted molar refractivity (Wildman–Crippen MR) is 109 cm³/mol. The van der Waals surface area contributed by atoms with Crippen LogP contribution in [0, 0.1) is 0 Å². The van der Waals surface area contributed by atoms with Crippen molar-refractivity contribution in [3.05, 3.63) is 12.7 Å². The van der Waals surface area contributed by atoms with Crippen molar-refractivity contribution in [1.29, 1.82) is 0 Å². The summed E-state index contributed by atoms with van der Waals surface area (Å²) in [4.78, 5) is 11.5. The number of rotatable bonds is 18. The molecule has 0 saturated heterocycles. The second-order valence-corrected chi connectivity index (χ2v) is 5.65. The van der Waals surface area contributed by atoms with Gasteiger partial charge in [0.2, 0.25) is 0 Å². The molecule has 2 N–H and O–H groups in total. The summed E-state index contributed by atoms with van der Waals surface area (Å²) in [7, 11) is 0. The molecule has 0 aromatic carbocycles. The van der Waals surface area contributed by atoms with E-state index in [1.54, 1.807) is 6.92 Å². The van der Waals surface area contributed by atoms with E-state index in [1.165, 1.54) is 0 Å². The van der Waals surface area contributed by atoms with Gasteiger partial charge in [0.25, 0.3) is 0 Å². The topological polar surface area (TPSA) is 113 Å². The maximum atomic E-state index is 11.5. The van der Waals surface area contributed by atoms with Gasteiger partial charge in [-0.1, -0.05) is 6.58 Å². The number of hydrogen-bond acceptors (Lipinski definition) is 9. The summed E-state index contributed by atoms with van der Waals surface area (Å²) in [6.07, 6.45) is -0.351. The summed E-state index contributed by atoms with van der Waals surface area (Å²) in [6.45, 7) is 13.6. The van der Waals surface area contributed by atoms with Crippen LogP contribution in [0.4, 0.5) is 0 Å². The van der Waals surface area contributed by atoms with E-state index < -0.39 is 18.2 Å². The number of esters is 1. The minimum atomic E-state index is -0.651. The minimum absolute atomic E-state index is 0.0634. The van der Waals surface area contributed by atoms with Gasteiger partial charge in [0.05, 0.1) is 39.6 Å². The third-order valence-electron chi connectivity index (χ3n) is 3.21. The van der Waals surface area contributed by atoms with Gasteiger partial charge in [-0.25, -0.2) is 4.79 Å². The Morgan fingerprint density at radius 1 is 0.793 bits per heavy atom. The van der Waals surface area contributed by atoms with Crippen molar-refractivity contribution < 1.29 is 43.4 Å². The van der Waals surface area contributed by atoms with Crippen LogP contribution in [0.5, 0.6) is 0 Å². The van der Waals surface area contributed by atoms with Gasteiger partial charge in [0.1, 0.15) is 18.3 Å². The van der Waals surface area contributed by atoms with Gasteiger partial charge >= 0.3 is 5.97 Å². The lowest BCUT2D eigenvalue weighted by Crippen LogP contribution is -2.36. The third-order valence-corrected chi connectivity index (χ3v) is 3.21. The molecule has 174 valence electrons. The van der Waals surface area contributed by atoms with Crippen LogP contribution >= 0.6 is 0 Å². The fourth-order valence-electron chi connectivity index (χ4n) is 1.86. The molecular formula is C20H40O9. The van der Waals surface area contributed by atoms with Crippen molar-refractivity contribution in [3.8, 4) is 0 Å². The molecular weight excluding hydrogens is 384 g/mol. The lowest BCUT2D eigenvalue weighted by Gasteiger charge is -2.24. The third kappa shape index (κ3) is 20.0. The number of carbonyl (C=O) groups is 1. The molecule has 0 aliphatic rings. The molecule has 2 unspecified atom stereocenters. The normalized spacial score (nSPS) is 12.8. The van der Waals surface area contributed by atoms with Gasteiger partial charge < -0.3 is 38.6 Å². The van der Waals surface area contributed by atoms with E-state index in [-0.39, 0.29) is 39.1 Å². The summed E-state index contributed by atoms with van der Waals surface area (Å²) < 4.78 is 32.6. The Hall–Kier alpha value is -1.07. The highest BCUT2D eigenvalue weighted by Crippen LogP contribution is 2.04. The molecule has 0 heterocycles. The SMILES string of the molecule is C=CC(=O)OC(COC(CO)COCC)COC(COCC)COCC.CCO. The zero-order valence-corrected chi connectivity index (χ0v) is 18.3. The second kappa shape index (κ2) is 23.2. The number of aliphatic hydroxyl groups is 2. The van der Waals surface area contributed by atoms with E-state index in [0.29, 0.717) is 33.0 Å². The molecule has 0 fully saturated rings. The molecule has 0 aliphatic carbocycles. The quantitative estimate of drug-likeness (QED) is 0.245. The molecule has 0 spiro atoms. The Morgan fingerprint density at radius 2 is 1.21 bits per heavy atom. The molecule has 0 aliphatic heterocycles. The van der Waals surface area contributed by atoms with Crippen molar-refractivity contribution >= 4 is 5.97 Å². The monoisotopic (exact) mass is 424 g/mol. The highest BCUT2D eigenvalue weighted by molar-refractivity contribution is 5.81. The fourth-order valence-corrected chi connectivity index (χ4v) is 1.86. The largest absolute Gasteiger partial charge is 0.454 e. The van der Waals surface area contributed by atoms with Crippen LogP contribution in [0.25, 0.3) is 0 Å². The summed E-state index contributed by atoms with van der Waals surface area (Å²) in [5.41, 5.74) is 0. The first-order chi connectivity index (χ1) is 14.0. The number of hydrogen-bond donors (Lipinski definition) is 2. The molecule has 9 nitrogen and oxygen atoms in total. The van der Waals surface area contributed by atoms with Crippen molar-refractivity contribution in [2.75, 3.05) is 66.1 Å². The van der Waals surface area contributed by atoms with Crippen molar-refractivity contribution in [2.45, 2.75) is 46.0 Å². The van der Waals surface area contributed by atoms with Crippen LogP contribution < -0.4 is 0 Å². The summed E-state index contributed by atoms with van der Waals surface area (Å²) in [6, 6.07) is 0. The highest BCUT2D eigenvalue weighted by atomic mass is 16.6. The minimum Gasteiger partial charge on any atom is -0.454 e. The van der Waals surface area contributed by atoms with Crippen LogP contribution in [0.15, 0.2) is 12.7 Å². The first kappa shape index (κ1) is 30.1. The maximum Gasteiger partial charge on any atom is 0.330 e. The standard InChI is InChI=1S/C18H34O8.C2H6O/c1-5-18(20)26-17(13-24-15(9-19)10-21-6-2)14-25-16(11-22-7-3)12-23-8-4;1-2-3/h5,15-17,19H,1,6-14H2,2-4H3;3H,2H2,1H3. The summed E-state index contributed by atoms with van der Waals surface area (Å²) in [5.74, 6) is -0.571. The van der Waals surface area contributed by atoms with Gasteiger partial charge in [0.15, 0.2) is 0 Å². The van der Waals surface area contributed by atoms with E-state index in [1.807, 2.05) is 20.8 Å². The Labute approximate surface area is 174 Å². The van der Waals surface area contributed by atoms with Crippen LogP contribution in [-0.2, 0) is 33.2 Å². The molecule has 0 amide bonds. The molecule has 2 atom stereocenters. The van der Waals surface area contributed by atoms with E-state index >= 15 is 0 Å². The van der Waals surface area contributed by atoms with Gasteiger partial charge in [-0.3, -0.25) is 0 Å². The lowest BCUT2D eigenvalue weighted by atomic mass is 10.3. The predicted octanol–water partition coefficient (Wildman–Crippen LogP) is 0.955. The van der Waals surface area contributed by atoms with Gasteiger partial charge in [-0.15, -0.1) is 0 Å². The molecule has 29 heavy (non-hydrogen) atoms. The Balaban J connectivity index is 0. The highest BCUT2D eigenvalue weighted by Gasteiger charge is 2.20. The Kier molecular flexibility index (Phi) is 24.1. The van der Waals surface area contributed by atoms with E-state index in [9.17, 15) is 9.90 Å². The molecule has 0 bridgehead atoms. The Morgan fingerprint density at radius 3 is 1.59 bits per heavy atom. The molecule has 0 aromatic heterocycles. The van der Waals surface area contributed by atoms with E-state index in [4.69, 9.17) is 33.5 Å². The van der Waals surface area contributed by atoms with E-state index in [2.05, 4.69) is 6.58 Å². The first-order valence-corrected chi connectivity index (χ1v) is 10.0. The van der Waals surface area contributed by atoms with Crippen LogP contribution in [0.1, 0.15) is 27.7 Å². The zero-order valence-electron chi connectivity index (χ0n) is 18.3. The zero-order chi connectivity index (χ0) is 22.3. The molecule has 0 saturated carbocycles.